The van der Waals surface area contributed by atoms with Crippen LogP contribution in [0, 0.1) is 0 Å². The van der Waals surface area contributed by atoms with E-state index in [1.807, 2.05) is 6.92 Å². The maximum Gasteiger partial charge on any atom is 0.191 e. The van der Waals surface area contributed by atoms with Gasteiger partial charge in [0, 0.05) is 33.2 Å². The molecule has 7 heteroatoms. The second-order valence-electron chi connectivity index (χ2n) is 4.99. The molecule has 19 heavy (non-hydrogen) atoms. The molecule has 2 N–H and O–H groups in total. The van der Waals surface area contributed by atoms with E-state index in [2.05, 4.69) is 9.89 Å². The van der Waals surface area contributed by atoms with Crippen LogP contribution in [0.2, 0.25) is 0 Å². The summed E-state index contributed by atoms with van der Waals surface area (Å²) in [7, 11) is 1.71. The maximum absolute atomic E-state index is 6.03. The van der Waals surface area contributed by atoms with E-state index < -0.39 is 0 Å². The first-order valence-electron chi connectivity index (χ1n) is 6.44. The first-order valence-corrected chi connectivity index (χ1v) is 6.44. The summed E-state index contributed by atoms with van der Waals surface area (Å²) in [6.07, 6.45) is 1.08. The summed E-state index contributed by atoms with van der Waals surface area (Å²) >= 11 is 0. The third-order valence-corrected chi connectivity index (χ3v) is 3.59. The Balaban J connectivity index is 0.00000180. The van der Waals surface area contributed by atoms with Crippen molar-refractivity contribution in [2.75, 3.05) is 46.6 Å². The van der Waals surface area contributed by atoms with E-state index >= 15 is 0 Å². The lowest BCUT2D eigenvalue weighted by atomic mass is 10.0. The molecule has 0 saturated carbocycles. The predicted octanol–water partition coefficient (Wildman–Crippen LogP) is 0.445. The van der Waals surface area contributed by atoms with Crippen molar-refractivity contribution >= 4 is 29.9 Å². The van der Waals surface area contributed by atoms with E-state index in [1.165, 1.54) is 0 Å². The minimum atomic E-state index is -0.289. The number of nitrogens with two attached hydrogens (primary N) is 1. The lowest BCUT2D eigenvalue weighted by molar-refractivity contribution is -0.0102. The third kappa shape index (κ3) is 4.44. The molecule has 2 unspecified atom stereocenters. The number of morpholine rings is 1. The Labute approximate surface area is 131 Å². The van der Waals surface area contributed by atoms with Gasteiger partial charge >= 0.3 is 0 Å². The number of halogens is 1. The molecule has 2 aliphatic rings. The predicted molar refractivity (Wildman–Crippen MR) is 84.1 cm³/mol. The summed E-state index contributed by atoms with van der Waals surface area (Å²) in [5, 5.41) is 0. The van der Waals surface area contributed by atoms with Crippen LogP contribution >= 0.6 is 24.0 Å². The van der Waals surface area contributed by atoms with Gasteiger partial charge in [0.05, 0.1) is 25.9 Å². The quantitative estimate of drug-likeness (QED) is 0.434. The van der Waals surface area contributed by atoms with Gasteiger partial charge in [0.25, 0.3) is 0 Å². The summed E-state index contributed by atoms with van der Waals surface area (Å²) in [6.45, 7) is 6.23. The van der Waals surface area contributed by atoms with Gasteiger partial charge < -0.3 is 24.8 Å². The summed E-state index contributed by atoms with van der Waals surface area (Å²) in [6, 6.07) is 0. The molecule has 2 aliphatic heterocycles. The van der Waals surface area contributed by atoms with Crippen LogP contribution in [-0.4, -0.2) is 69.1 Å². The van der Waals surface area contributed by atoms with E-state index in [9.17, 15) is 0 Å². The van der Waals surface area contributed by atoms with Gasteiger partial charge in [-0.05, 0) is 6.92 Å². The van der Waals surface area contributed by atoms with E-state index in [0.717, 1.165) is 26.1 Å². The van der Waals surface area contributed by atoms with Gasteiger partial charge in [0.2, 0.25) is 0 Å². The molecule has 2 atom stereocenters. The number of nitrogens with zero attached hydrogens (tertiary/aromatic N) is 2. The molecular weight excluding hydrogens is 361 g/mol. The highest BCUT2D eigenvalue weighted by atomic mass is 127. The van der Waals surface area contributed by atoms with E-state index in [0.29, 0.717) is 25.7 Å². The Morgan fingerprint density at radius 1 is 1.53 bits per heavy atom. The van der Waals surface area contributed by atoms with Gasteiger partial charge in [0.1, 0.15) is 5.60 Å². The van der Waals surface area contributed by atoms with Crippen molar-refractivity contribution in [1.82, 2.24) is 4.90 Å². The van der Waals surface area contributed by atoms with Crippen LogP contribution in [0.4, 0.5) is 0 Å². The number of methoxy groups -OCH3 is 1. The normalized spacial score (nSPS) is 32.2. The average Bonchev–Trinajstić information content (AvgIpc) is 2.85. The molecule has 2 saturated heterocycles. The molecule has 0 aliphatic carbocycles. The average molecular weight is 385 g/mol. The zero-order valence-corrected chi connectivity index (χ0v) is 14.0. The van der Waals surface area contributed by atoms with Crippen molar-refractivity contribution in [3.8, 4) is 0 Å². The number of hydrogen-bond donors (Lipinski definition) is 1. The largest absolute Gasteiger partial charge is 0.378 e. The molecule has 2 heterocycles. The van der Waals surface area contributed by atoms with Crippen molar-refractivity contribution in [2.45, 2.75) is 25.0 Å². The van der Waals surface area contributed by atoms with Gasteiger partial charge in [-0.2, -0.15) is 0 Å². The van der Waals surface area contributed by atoms with Crippen molar-refractivity contribution in [3.63, 3.8) is 0 Å². The maximum atomic E-state index is 6.03. The van der Waals surface area contributed by atoms with Crippen molar-refractivity contribution in [2.24, 2.45) is 10.7 Å². The van der Waals surface area contributed by atoms with Crippen LogP contribution < -0.4 is 5.73 Å². The lowest BCUT2D eigenvalue weighted by Gasteiger charge is -2.32. The fourth-order valence-electron chi connectivity index (χ4n) is 2.29. The number of rotatable bonds is 3. The van der Waals surface area contributed by atoms with Crippen LogP contribution in [0.5, 0.6) is 0 Å². The van der Waals surface area contributed by atoms with Crippen LogP contribution in [0.3, 0.4) is 0 Å². The number of guanidine groups is 1. The Hall–Kier alpha value is -0.120. The Morgan fingerprint density at radius 3 is 2.89 bits per heavy atom. The Morgan fingerprint density at radius 2 is 2.32 bits per heavy atom. The van der Waals surface area contributed by atoms with Crippen LogP contribution in [0.25, 0.3) is 0 Å². The molecule has 0 aromatic carbocycles. The fourth-order valence-corrected chi connectivity index (χ4v) is 2.29. The van der Waals surface area contributed by atoms with Crippen molar-refractivity contribution in [1.29, 1.82) is 0 Å². The summed E-state index contributed by atoms with van der Waals surface area (Å²) in [5.41, 5.74) is 5.74. The van der Waals surface area contributed by atoms with Gasteiger partial charge in [-0.25, -0.2) is 0 Å². The van der Waals surface area contributed by atoms with Gasteiger partial charge in [0.15, 0.2) is 5.96 Å². The van der Waals surface area contributed by atoms with Crippen LogP contribution in [0.15, 0.2) is 4.99 Å². The van der Waals surface area contributed by atoms with Crippen molar-refractivity contribution < 1.29 is 14.2 Å². The molecule has 2 rings (SSSR count). The molecule has 2 fully saturated rings. The van der Waals surface area contributed by atoms with Crippen LogP contribution in [0.1, 0.15) is 13.3 Å². The van der Waals surface area contributed by atoms with E-state index in [4.69, 9.17) is 19.9 Å². The van der Waals surface area contributed by atoms with E-state index in [1.54, 1.807) is 7.11 Å². The number of aliphatic imine (C=N–C) groups is 1. The van der Waals surface area contributed by atoms with Gasteiger partial charge in [-0.15, -0.1) is 24.0 Å². The minimum Gasteiger partial charge on any atom is -0.378 e. The summed E-state index contributed by atoms with van der Waals surface area (Å²) < 4.78 is 16.4. The lowest BCUT2D eigenvalue weighted by Crippen LogP contribution is -2.48. The van der Waals surface area contributed by atoms with E-state index in [-0.39, 0.29) is 35.7 Å². The number of hydrogen-bond acceptors (Lipinski definition) is 4. The first kappa shape index (κ1) is 16.9. The number of ether oxygens (including phenoxy) is 3. The minimum absolute atomic E-state index is 0. The standard InChI is InChI=1S/C12H23N3O3.HI/c1-10-7-15(4-6-18-10)11(13)14-8-12(16-2)3-5-17-9-12;/h10H,3-9H2,1-2H3,(H2,13,14);1H. The molecule has 0 amide bonds. The topological polar surface area (TPSA) is 69.3 Å². The molecule has 6 nitrogen and oxygen atoms in total. The highest BCUT2D eigenvalue weighted by Crippen LogP contribution is 2.22. The molecule has 112 valence electrons. The first-order chi connectivity index (χ1) is 8.65. The second kappa shape index (κ2) is 7.61. The monoisotopic (exact) mass is 385 g/mol. The summed E-state index contributed by atoms with van der Waals surface area (Å²) in [4.78, 5) is 6.53. The smallest absolute Gasteiger partial charge is 0.191 e. The third-order valence-electron chi connectivity index (χ3n) is 3.59. The van der Waals surface area contributed by atoms with Gasteiger partial charge in [-0.1, -0.05) is 0 Å². The molecule has 0 aromatic rings. The molecule has 0 spiro atoms. The molecule has 0 aromatic heterocycles. The van der Waals surface area contributed by atoms with Crippen molar-refractivity contribution in [3.05, 3.63) is 0 Å². The molecule has 0 radical (unpaired) electrons. The SMILES string of the molecule is COC1(CN=C(N)N2CCOC(C)C2)CCOC1.I. The molecule has 0 bridgehead atoms. The zero-order valence-electron chi connectivity index (χ0n) is 11.6. The van der Waals surface area contributed by atoms with Gasteiger partial charge in [-0.3, -0.25) is 4.99 Å². The Kier molecular flexibility index (Phi) is 6.78. The summed E-state index contributed by atoms with van der Waals surface area (Å²) in [5.74, 6) is 0.577. The fraction of sp³-hybridized carbons (Fsp3) is 0.917. The van der Waals surface area contributed by atoms with Crippen LogP contribution in [-0.2, 0) is 14.2 Å². The highest BCUT2D eigenvalue weighted by Gasteiger charge is 2.35. The second-order valence-corrected chi connectivity index (χ2v) is 4.99. The highest BCUT2D eigenvalue weighted by molar-refractivity contribution is 14.0. The molecular formula is C12H24IN3O3. The zero-order chi connectivity index (χ0) is 13.0. The Bertz CT molecular complexity index is 309.